The van der Waals surface area contributed by atoms with Crippen molar-refractivity contribution in [3.8, 4) is 5.75 Å². The minimum Gasteiger partial charge on any atom is -0.496 e. The standard InChI is InChI=1S/C17H18N2OS/c1-18-15(17-16(20-2)8-10-21-17)11-12-7-9-19-14-6-4-3-5-13(12)14/h3-10,15,18H,11H2,1-2H3. The van der Waals surface area contributed by atoms with Crippen LogP contribution in [0, 0.1) is 0 Å². The van der Waals surface area contributed by atoms with E-state index in [1.807, 2.05) is 25.4 Å². The van der Waals surface area contributed by atoms with Gasteiger partial charge in [-0.25, -0.2) is 0 Å². The van der Waals surface area contributed by atoms with E-state index in [1.165, 1.54) is 15.8 Å². The van der Waals surface area contributed by atoms with Gasteiger partial charge >= 0.3 is 0 Å². The van der Waals surface area contributed by atoms with Gasteiger partial charge in [0.15, 0.2) is 0 Å². The molecule has 2 aromatic heterocycles. The van der Waals surface area contributed by atoms with Crippen molar-refractivity contribution < 1.29 is 4.74 Å². The maximum atomic E-state index is 5.45. The minimum atomic E-state index is 0.241. The lowest BCUT2D eigenvalue weighted by molar-refractivity contribution is 0.405. The molecule has 0 fully saturated rings. The number of hydrogen-bond donors (Lipinski definition) is 1. The van der Waals surface area contributed by atoms with Crippen molar-refractivity contribution in [2.24, 2.45) is 0 Å². The van der Waals surface area contributed by atoms with Crippen molar-refractivity contribution >= 4 is 22.2 Å². The van der Waals surface area contributed by atoms with Gasteiger partial charge in [-0.3, -0.25) is 4.98 Å². The summed E-state index contributed by atoms with van der Waals surface area (Å²) < 4.78 is 5.45. The molecule has 3 nitrogen and oxygen atoms in total. The fourth-order valence-corrected chi connectivity index (χ4v) is 3.58. The zero-order chi connectivity index (χ0) is 14.7. The first-order valence-corrected chi connectivity index (χ1v) is 7.82. The number of aromatic nitrogens is 1. The Labute approximate surface area is 128 Å². The molecule has 1 atom stereocenters. The molecule has 0 aliphatic carbocycles. The average Bonchev–Trinajstić information content (AvgIpc) is 3.01. The summed E-state index contributed by atoms with van der Waals surface area (Å²) in [6.07, 6.45) is 2.80. The summed E-state index contributed by atoms with van der Waals surface area (Å²) in [5, 5.41) is 6.69. The van der Waals surface area contributed by atoms with E-state index in [9.17, 15) is 0 Å². The highest BCUT2D eigenvalue weighted by molar-refractivity contribution is 7.10. The number of likely N-dealkylation sites (N-methyl/N-ethyl adjacent to an activating group) is 1. The van der Waals surface area contributed by atoms with Crippen LogP contribution in [0.15, 0.2) is 48.0 Å². The smallest absolute Gasteiger partial charge is 0.134 e. The van der Waals surface area contributed by atoms with Crippen molar-refractivity contribution in [1.29, 1.82) is 0 Å². The predicted molar refractivity (Wildman–Crippen MR) is 88.1 cm³/mol. The largest absolute Gasteiger partial charge is 0.496 e. The number of fused-ring (bicyclic) bond motifs is 1. The molecular weight excluding hydrogens is 280 g/mol. The lowest BCUT2D eigenvalue weighted by Gasteiger charge is -2.17. The van der Waals surface area contributed by atoms with E-state index in [4.69, 9.17) is 4.74 Å². The minimum absolute atomic E-state index is 0.241. The van der Waals surface area contributed by atoms with Crippen molar-refractivity contribution in [2.45, 2.75) is 12.5 Å². The predicted octanol–water partition coefficient (Wildman–Crippen LogP) is 3.81. The highest BCUT2D eigenvalue weighted by Crippen LogP contribution is 2.33. The molecule has 21 heavy (non-hydrogen) atoms. The fraction of sp³-hybridized carbons (Fsp3) is 0.235. The Morgan fingerprint density at radius 2 is 2.10 bits per heavy atom. The van der Waals surface area contributed by atoms with Crippen LogP contribution in [0.4, 0.5) is 0 Å². The average molecular weight is 298 g/mol. The molecule has 0 spiro atoms. The highest BCUT2D eigenvalue weighted by Gasteiger charge is 2.17. The number of nitrogens with one attached hydrogen (secondary N) is 1. The van der Waals surface area contributed by atoms with Crippen LogP contribution in [0.25, 0.3) is 10.9 Å². The van der Waals surface area contributed by atoms with Crippen LogP contribution in [0.3, 0.4) is 0 Å². The quantitative estimate of drug-likeness (QED) is 0.778. The van der Waals surface area contributed by atoms with Crippen LogP contribution in [-0.2, 0) is 6.42 Å². The molecule has 4 heteroatoms. The number of methoxy groups -OCH3 is 1. The molecule has 108 valence electrons. The molecule has 2 heterocycles. The molecule has 1 unspecified atom stereocenters. The SMILES string of the molecule is CNC(Cc1ccnc2ccccc12)c1sccc1OC. The molecule has 0 radical (unpaired) electrons. The van der Waals surface area contributed by atoms with Gasteiger partial charge in [-0.05, 0) is 42.6 Å². The second-order valence-corrected chi connectivity index (χ2v) is 5.83. The second kappa shape index (κ2) is 6.24. The first kappa shape index (κ1) is 14.0. The second-order valence-electron chi connectivity index (χ2n) is 4.89. The third kappa shape index (κ3) is 2.77. The summed E-state index contributed by atoms with van der Waals surface area (Å²) in [6, 6.07) is 12.6. The van der Waals surface area contributed by atoms with Crippen LogP contribution in [0.2, 0.25) is 0 Å². The van der Waals surface area contributed by atoms with Crippen molar-refractivity contribution in [3.63, 3.8) is 0 Å². The number of ether oxygens (including phenoxy) is 1. The number of pyridine rings is 1. The summed E-state index contributed by atoms with van der Waals surface area (Å²) in [4.78, 5) is 5.67. The number of hydrogen-bond acceptors (Lipinski definition) is 4. The Morgan fingerprint density at radius 1 is 1.24 bits per heavy atom. The molecule has 3 aromatic rings. The fourth-order valence-electron chi connectivity index (χ4n) is 2.61. The summed E-state index contributed by atoms with van der Waals surface area (Å²) in [6.45, 7) is 0. The van der Waals surface area contributed by atoms with Gasteiger partial charge < -0.3 is 10.1 Å². The maximum absolute atomic E-state index is 5.45. The number of thiophene rings is 1. The van der Waals surface area contributed by atoms with Gasteiger partial charge in [-0.1, -0.05) is 18.2 Å². The Kier molecular flexibility index (Phi) is 4.18. The first-order valence-electron chi connectivity index (χ1n) is 6.94. The summed E-state index contributed by atoms with van der Waals surface area (Å²) >= 11 is 1.73. The molecule has 1 N–H and O–H groups in total. The third-order valence-corrected chi connectivity index (χ3v) is 4.72. The molecule has 0 amide bonds. The summed E-state index contributed by atoms with van der Waals surface area (Å²) in [5.74, 6) is 0.956. The van der Waals surface area contributed by atoms with Gasteiger partial charge in [-0.2, -0.15) is 0 Å². The highest BCUT2D eigenvalue weighted by atomic mass is 32.1. The molecule has 0 saturated heterocycles. The van der Waals surface area contributed by atoms with Crippen LogP contribution in [-0.4, -0.2) is 19.1 Å². The molecule has 0 saturated carbocycles. The van der Waals surface area contributed by atoms with Gasteiger partial charge in [-0.15, -0.1) is 11.3 Å². The first-order chi connectivity index (χ1) is 10.3. The molecule has 0 aliphatic heterocycles. The number of para-hydroxylation sites is 1. The number of benzene rings is 1. The van der Waals surface area contributed by atoms with E-state index in [0.29, 0.717) is 0 Å². The van der Waals surface area contributed by atoms with E-state index in [2.05, 4.69) is 39.9 Å². The van der Waals surface area contributed by atoms with E-state index in [-0.39, 0.29) is 6.04 Å². The van der Waals surface area contributed by atoms with Crippen molar-refractivity contribution in [3.05, 3.63) is 58.4 Å². The Balaban J connectivity index is 1.96. The van der Waals surface area contributed by atoms with Crippen LogP contribution >= 0.6 is 11.3 Å². The topological polar surface area (TPSA) is 34.2 Å². The monoisotopic (exact) mass is 298 g/mol. The zero-order valence-corrected chi connectivity index (χ0v) is 13.0. The number of nitrogens with zero attached hydrogens (tertiary/aromatic N) is 1. The summed E-state index contributed by atoms with van der Waals surface area (Å²) in [7, 11) is 3.72. The maximum Gasteiger partial charge on any atom is 0.134 e. The van der Waals surface area contributed by atoms with Crippen LogP contribution < -0.4 is 10.1 Å². The van der Waals surface area contributed by atoms with E-state index in [0.717, 1.165) is 17.7 Å². The molecule has 1 aromatic carbocycles. The van der Waals surface area contributed by atoms with Gasteiger partial charge in [0.25, 0.3) is 0 Å². The van der Waals surface area contributed by atoms with E-state index in [1.54, 1.807) is 18.4 Å². The molecular formula is C17H18N2OS. The normalized spacial score (nSPS) is 12.5. The Bertz CT molecular complexity index is 733. The van der Waals surface area contributed by atoms with Gasteiger partial charge in [0.1, 0.15) is 5.75 Å². The van der Waals surface area contributed by atoms with Gasteiger partial charge in [0.2, 0.25) is 0 Å². The van der Waals surface area contributed by atoms with Crippen molar-refractivity contribution in [1.82, 2.24) is 10.3 Å². The molecule has 3 rings (SSSR count). The zero-order valence-electron chi connectivity index (χ0n) is 12.2. The van der Waals surface area contributed by atoms with Crippen LogP contribution in [0.5, 0.6) is 5.75 Å². The van der Waals surface area contributed by atoms with Crippen molar-refractivity contribution in [2.75, 3.05) is 14.2 Å². The third-order valence-electron chi connectivity index (χ3n) is 3.71. The van der Waals surface area contributed by atoms with Gasteiger partial charge in [0, 0.05) is 17.6 Å². The summed E-state index contributed by atoms with van der Waals surface area (Å²) in [5.41, 5.74) is 2.35. The van der Waals surface area contributed by atoms with E-state index >= 15 is 0 Å². The lowest BCUT2D eigenvalue weighted by atomic mass is 10.0. The van der Waals surface area contributed by atoms with E-state index < -0.39 is 0 Å². The van der Waals surface area contributed by atoms with Gasteiger partial charge in [0.05, 0.1) is 17.5 Å². The Morgan fingerprint density at radius 3 is 2.90 bits per heavy atom. The molecule has 0 bridgehead atoms. The Hall–Kier alpha value is -1.91. The van der Waals surface area contributed by atoms with Crippen LogP contribution in [0.1, 0.15) is 16.5 Å². The molecule has 0 aliphatic rings. The lowest BCUT2D eigenvalue weighted by Crippen LogP contribution is -2.18. The number of rotatable bonds is 5.